The zero-order valence-electron chi connectivity index (χ0n) is 9.32. The lowest BCUT2D eigenvalue weighted by atomic mass is 9.94. The molecule has 3 heteroatoms. The van der Waals surface area contributed by atoms with E-state index in [1.165, 1.54) is 44.9 Å². The first-order valence-electron chi connectivity index (χ1n) is 6.41. The highest BCUT2D eigenvalue weighted by Crippen LogP contribution is 2.33. The summed E-state index contributed by atoms with van der Waals surface area (Å²) < 4.78 is 0. The van der Waals surface area contributed by atoms with Crippen LogP contribution in [0.1, 0.15) is 44.9 Å². The van der Waals surface area contributed by atoms with Crippen LogP contribution in [0.25, 0.3) is 0 Å². The minimum absolute atomic E-state index is 0.395. The molecule has 1 amide bonds. The van der Waals surface area contributed by atoms with Crippen LogP contribution < -0.4 is 0 Å². The van der Waals surface area contributed by atoms with Crippen molar-refractivity contribution in [2.45, 2.75) is 57.2 Å². The SMILES string of the molecule is O=C1CN2CCCC2N1C1CCCCC1. The van der Waals surface area contributed by atoms with Gasteiger partial charge in [-0.2, -0.15) is 0 Å². The molecule has 2 aliphatic heterocycles. The van der Waals surface area contributed by atoms with Crippen molar-refractivity contribution >= 4 is 5.91 Å². The third kappa shape index (κ3) is 1.57. The molecule has 0 bridgehead atoms. The van der Waals surface area contributed by atoms with Crippen LogP contribution in [0.2, 0.25) is 0 Å². The predicted molar refractivity (Wildman–Crippen MR) is 58.3 cm³/mol. The van der Waals surface area contributed by atoms with E-state index < -0.39 is 0 Å². The molecule has 1 aliphatic carbocycles. The van der Waals surface area contributed by atoms with Gasteiger partial charge in [0.1, 0.15) is 0 Å². The molecule has 0 aromatic heterocycles. The molecule has 1 atom stereocenters. The van der Waals surface area contributed by atoms with E-state index in [4.69, 9.17) is 0 Å². The Hall–Kier alpha value is -0.570. The molecule has 3 nitrogen and oxygen atoms in total. The highest BCUT2D eigenvalue weighted by Gasteiger charge is 2.43. The summed E-state index contributed by atoms with van der Waals surface area (Å²) in [5, 5.41) is 0. The second kappa shape index (κ2) is 3.78. The summed E-state index contributed by atoms with van der Waals surface area (Å²) in [6.07, 6.45) is 9.46. The van der Waals surface area contributed by atoms with Gasteiger partial charge >= 0.3 is 0 Å². The van der Waals surface area contributed by atoms with Crippen molar-refractivity contribution in [3.8, 4) is 0 Å². The van der Waals surface area contributed by atoms with E-state index in [0.29, 0.717) is 24.7 Å². The summed E-state index contributed by atoms with van der Waals surface area (Å²) in [4.78, 5) is 16.6. The molecular formula is C12H20N2O. The second-order valence-corrected chi connectivity index (χ2v) is 5.19. The van der Waals surface area contributed by atoms with Gasteiger partial charge in [-0.3, -0.25) is 9.69 Å². The monoisotopic (exact) mass is 208 g/mol. The Labute approximate surface area is 91.4 Å². The van der Waals surface area contributed by atoms with Gasteiger partial charge < -0.3 is 4.90 Å². The van der Waals surface area contributed by atoms with Crippen LogP contribution in [0, 0.1) is 0 Å². The summed E-state index contributed by atoms with van der Waals surface area (Å²) in [6, 6.07) is 0.569. The maximum atomic E-state index is 12.0. The first-order chi connectivity index (χ1) is 7.36. The van der Waals surface area contributed by atoms with Gasteiger partial charge in [0, 0.05) is 12.6 Å². The molecule has 0 aromatic carbocycles. The van der Waals surface area contributed by atoms with Crippen LogP contribution in [0.15, 0.2) is 0 Å². The Morgan fingerprint density at radius 2 is 1.80 bits per heavy atom. The van der Waals surface area contributed by atoms with Crippen LogP contribution in [-0.2, 0) is 4.79 Å². The van der Waals surface area contributed by atoms with Gasteiger partial charge in [-0.25, -0.2) is 0 Å². The van der Waals surface area contributed by atoms with Gasteiger partial charge in [-0.1, -0.05) is 19.3 Å². The molecule has 3 aliphatic rings. The van der Waals surface area contributed by atoms with E-state index in [0.717, 1.165) is 6.54 Å². The maximum absolute atomic E-state index is 12.0. The predicted octanol–water partition coefficient (Wildman–Crippen LogP) is 1.58. The molecule has 0 radical (unpaired) electrons. The van der Waals surface area contributed by atoms with Crippen LogP contribution in [0.5, 0.6) is 0 Å². The highest BCUT2D eigenvalue weighted by atomic mass is 16.2. The zero-order chi connectivity index (χ0) is 10.3. The topological polar surface area (TPSA) is 23.6 Å². The molecule has 1 saturated carbocycles. The molecule has 2 heterocycles. The molecule has 0 aromatic rings. The number of amides is 1. The lowest BCUT2D eigenvalue weighted by Crippen LogP contribution is -2.44. The fraction of sp³-hybridized carbons (Fsp3) is 0.917. The van der Waals surface area contributed by atoms with Gasteiger partial charge in [0.15, 0.2) is 0 Å². The van der Waals surface area contributed by atoms with Crippen molar-refractivity contribution in [3.05, 3.63) is 0 Å². The van der Waals surface area contributed by atoms with Crippen molar-refractivity contribution in [2.75, 3.05) is 13.1 Å². The number of rotatable bonds is 1. The van der Waals surface area contributed by atoms with Crippen LogP contribution in [0.3, 0.4) is 0 Å². The molecule has 3 rings (SSSR count). The largest absolute Gasteiger partial charge is 0.323 e. The van der Waals surface area contributed by atoms with Crippen molar-refractivity contribution in [2.24, 2.45) is 0 Å². The summed E-state index contributed by atoms with van der Waals surface area (Å²) in [6.45, 7) is 1.83. The summed E-state index contributed by atoms with van der Waals surface area (Å²) in [7, 11) is 0. The first kappa shape index (κ1) is 9.64. The standard InChI is InChI=1S/C12H20N2O/c15-12-9-13-8-4-7-11(13)14(12)10-5-2-1-3-6-10/h10-11H,1-9H2. The number of hydrogen-bond donors (Lipinski definition) is 0. The molecule has 15 heavy (non-hydrogen) atoms. The van der Waals surface area contributed by atoms with Crippen molar-refractivity contribution in [1.29, 1.82) is 0 Å². The van der Waals surface area contributed by atoms with Crippen molar-refractivity contribution in [1.82, 2.24) is 9.80 Å². The number of carbonyl (C=O) groups excluding carboxylic acids is 1. The Balaban J connectivity index is 1.75. The summed E-state index contributed by atoms with van der Waals surface area (Å²) in [5.74, 6) is 0.395. The molecular weight excluding hydrogens is 188 g/mol. The Bertz CT molecular complexity index is 260. The maximum Gasteiger partial charge on any atom is 0.238 e. The van der Waals surface area contributed by atoms with Crippen molar-refractivity contribution in [3.63, 3.8) is 0 Å². The molecule has 3 fully saturated rings. The van der Waals surface area contributed by atoms with E-state index in [9.17, 15) is 4.79 Å². The summed E-state index contributed by atoms with van der Waals surface area (Å²) in [5.41, 5.74) is 0. The number of hydrogen-bond acceptors (Lipinski definition) is 2. The zero-order valence-corrected chi connectivity index (χ0v) is 9.32. The lowest BCUT2D eigenvalue weighted by Gasteiger charge is -2.35. The molecule has 0 spiro atoms. The lowest BCUT2D eigenvalue weighted by molar-refractivity contribution is -0.131. The average Bonchev–Trinajstić information content (AvgIpc) is 2.78. The van der Waals surface area contributed by atoms with E-state index in [-0.39, 0.29) is 0 Å². The third-order valence-corrected chi connectivity index (χ3v) is 4.24. The van der Waals surface area contributed by atoms with Gasteiger partial charge in [0.2, 0.25) is 5.91 Å². The second-order valence-electron chi connectivity index (χ2n) is 5.19. The number of fused-ring (bicyclic) bond motifs is 1. The third-order valence-electron chi connectivity index (χ3n) is 4.24. The fourth-order valence-electron chi connectivity index (χ4n) is 3.54. The first-order valence-corrected chi connectivity index (χ1v) is 6.41. The minimum atomic E-state index is 0.395. The number of carbonyl (C=O) groups is 1. The minimum Gasteiger partial charge on any atom is -0.323 e. The Morgan fingerprint density at radius 1 is 1.00 bits per heavy atom. The summed E-state index contributed by atoms with van der Waals surface area (Å²) >= 11 is 0. The van der Waals surface area contributed by atoms with Crippen LogP contribution >= 0.6 is 0 Å². The quantitative estimate of drug-likeness (QED) is 0.653. The molecule has 84 valence electrons. The van der Waals surface area contributed by atoms with Gasteiger partial charge in [-0.05, 0) is 25.7 Å². The normalized spacial score (nSPS) is 33.7. The molecule has 2 saturated heterocycles. The van der Waals surface area contributed by atoms with E-state index >= 15 is 0 Å². The molecule has 0 N–H and O–H groups in total. The Kier molecular flexibility index (Phi) is 2.43. The van der Waals surface area contributed by atoms with Gasteiger partial charge in [-0.15, -0.1) is 0 Å². The fourth-order valence-corrected chi connectivity index (χ4v) is 3.54. The van der Waals surface area contributed by atoms with Gasteiger partial charge in [0.05, 0.1) is 12.7 Å². The average molecular weight is 208 g/mol. The van der Waals surface area contributed by atoms with Crippen LogP contribution in [-0.4, -0.2) is 41.0 Å². The Morgan fingerprint density at radius 3 is 2.60 bits per heavy atom. The van der Waals surface area contributed by atoms with E-state index in [2.05, 4.69) is 9.80 Å². The van der Waals surface area contributed by atoms with E-state index in [1.54, 1.807) is 0 Å². The van der Waals surface area contributed by atoms with Gasteiger partial charge in [0.25, 0.3) is 0 Å². The van der Waals surface area contributed by atoms with Crippen molar-refractivity contribution < 1.29 is 4.79 Å². The highest BCUT2D eigenvalue weighted by molar-refractivity contribution is 5.81. The number of nitrogens with zero attached hydrogens (tertiary/aromatic N) is 2. The molecule has 1 unspecified atom stereocenters. The van der Waals surface area contributed by atoms with Crippen LogP contribution in [0.4, 0.5) is 0 Å². The van der Waals surface area contributed by atoms with E-state index in [1.807, 2.05) is 0 Å². The smallest absolute Gasteiger partial charge is 0.238 e.